The van der Waals surface area contributed by atoms with E-state index in [2.05, 4.69) is 0 Å². The Hall–Kier alpha value is -0.760. The van der Waals surface area contributed by atoms with Crippen LogP contribution in [0.15, 0.2) is 18.2 Å². The summed E-state index contributed by atoms with van der Waals surface area (Å²) in [5, 5.41) is 0.0801. The minimum absolute atomic E-state index is 0.0801. The molecule has 1 aromatic carbocycles. The molecule has 14 heavy (non-hydrogen) atoms. The van der Waals surface area contributed by atoms with Crippen LogP contribution in [0.5, 0.6) is 5.75 Å². The molecule has 0 aliphatic carbocycles. The largest absolute Gasteiger partial charge is 0.497 e. The Kier molecular flexibility index (Phi) is 4.21. The van der Waals surface area contributed by atoms with E-state index in [4.69, 9.17) is 16.3 Å². The maximum atomic E-state index is 13.4. The van der Waals surface area contributed by atoms with Crippen molar-refractivity contribution in [1.82, 2.24) is 0 Å². The fourth-order valence-electron chi connectivity index (χ4n) is 1.21. The van der Waals surface area contributed by atoms with Crippen LogP contribution >= 0.6 is 11.6 Å². The van der Waals surface area contributed by atoms with Crippen LogP contribution in [0.1, 0.15) is 18.9 Å². The highest BCUT2D eigenvalue weighted by Gasteiger charge is 2.05. The molecule has 1 rings (SSSR count). The maximum Gasteiger partial charge on any atom is 0.130 e. The van der Waals surface area contributed by atoms with E-state index >= 15 is 0 Å². The van der Waals surface area contributed by atoms with E-state index in [1.807, 2.05) is 6.92 Å². The van der Waals surface area contributed by atoms with Crippen molar-refractivity contribution in [3.8, 4) is 5.75 Å². The molecular formula is C11H14ClFO. The van der Waals surface area contributed by atoms with Crippen LogP contribution in [-0.2, 0) is 6.42 Å². The number of rotatable bonds is 4. The monoisotopic (exact) mass is 216 g/mol. The average Bonchev–Trinajstić information content (AvgIpc) is 2.15. The summed E-state index contributed by atoms with van der Waals surface area (Å²) in [6.45, 7) is 1.91. The van der Waals surface area contributed by atoms with Gasteiger partial charge in [0.2, 0.25) is 0 Å². The summed E-state index contributed by atoms with van der Waals surface area (Å²) in [5.74, 6) is 0.326. The minimum Gasteiger partial charge on any atom is -0.497 e. The molecule has 0 aromatic heterocycles. The molecule has 3 heteroatoms. The van der Waals surface area contributed by atoms with E-state index in [1.54, 1.807) is 12.1 Å². The molecular weight excluding hydrogens is 203 g/mol. The molecule has 1 nitrogen and oxygen atoms in total. The Morgan fingerprint density at radius 1 is 1.50 bits per heavy atom. The molecule has 0 amide bonds. The Bertz CT molecular complexity index is 299. The number of methoxy groups -OCH3 is 1. The number of aryl methyl sites for hydroxylation is 1. The predicted octanol–water partition coefficient (Wildman–Crippen LogP) is 3.39. The van der Waals surface area contributed by atoms with Crippen LogP contribution in [0.4, 0.5) is 4.39 Å². The zero-order valence-electron chi connectivity index (χ0n) is 8.39. The first-order valence-electron chi connectivity index (χ1n) is 4.60. The van der Waals surface area contributed by atoms with Gasteiger partial charge in [-0.05, 0) is 31.4 Å². The quantitative estimate of drug-likeness (QED) is 0.701. The van der Waals surface area contributed by atoms with Crippen molar-refractivity contribution >= 4 is 11.6 Å². The van der Waals surface area contributed by atoms with Crippen molar-refractivity contribution in [2.24, 2.45) is 0 Å². The van der Waals surface area contributed by atoms with Gasteiger partial charge in [0, 0.05) is 11.4 Å². The second kappa shape index (κ2) is 5.20. The standard InChI is InChI=1S/C11H14ClFO/c1-8(12)3-4-9-5-6-10(14-2)7-11(9)13/h5-8H,3-4H2,1-2H3. The van der Waals surface area contributed by atoms with Gasteiger partial charge in [-0.2, -0.15) is 0 Å². The highest BCUT2D eigenvalue weighted by Crippen LogP contribution is 2.18. The lowest BCUT2D eigenvalue weighted by atomic mass is 10.1. The van der Waals surface area contributed by atoms with Crippen LogP contribution in [0.3, 0.4) is 0 Å². The van der Waals surface area contributed by atoms with Crippen molar-refractivity contribution in [2.75, 3.05) is 7.11 Å². The molecule has 0 bridgehead atoms. The third kappa shape index (κ3) is 3.18. The summed E-state index contributed by atoms with van der Waals surface area (Å²) in [6, 6.07) is 4.90. The third-order valence-electron chi connectivity index (χ3n) is 2.07. The lowest BCUT2D eigenvalue weighted by molar-refractivity contribution is 0.410. The van der Waals surface area contributed by atoms with Gasteiger partial charge >= 0.3 is 0 Å². The Labute approximate surface area is 88.8 Å². The zero-order chi connectivity index (χ0) is 10.6. The van der Waals surface area contributed by atoms with Gasteiger partial charge in [0.05, 0.1) is 7.11 Å². The van der Waals surface area contributed by atoms with Gasteiger partial charge in [-0.15, -0.1) is 11.6 Å². The first-order chi connectivity index (χ1) is 6.63. The van der Waals surface area contributed by atoms with Crippen LogP contribution in [0.2, 0.25) is 0 Å². The summed E-state index contributed by atoms with van der Waals surface area (Å²) >= 11 is 5.79. The van der Waals surface area contributed by atoms with Crippen LogP contribution < -0.4 is 4.74 Å². The summed E-state index contributed by atoms with van der Waals surface area (Å²) in [6.07, 6.45) is 1.45. The highest BCUT2D eigenvalue weighted by atomic mass is 35.5. The second-order valence-corrected chi connectivity index (χ2v) is 4.02. The molecule has 1 atom stereocenters. The molecule has 0 spiro atoms. The second-order valence-electron chi connectivity index (χ2n) is 3.28. The lowest BCUT2D eigenvalue weighted by Gasteiger charge is -2.06. The average molecular weight is 217 g/mol. The number of hydrogen-bond donors (Lipinski definition) is 0. The van der Waals surface area contributed by atoms with E-state index in [-0.39, 0.29) is 11.2 Å². The number of alkyl halides is 1. The number of hydrogen-bond acceptors (Lipinski definition) is 1. The first-order valence-corrected chi connectivity index (χ1v) is 5.03. The normalized spacial score (nSPS) is 12.6. The van der Waals surface area contributed by atoms with E-state index in [0.29, 0.717) is 17.7 Å². The molecule has 0 radical (unpaired) electrons. The molecule has 0 saturated heterocycles. The molecule has 0 N–H and O–H groups in total. The van der Waals surface area contributed by atoms with Crippen molar-refractivity contribution in [2.45, 2.75) is 25.1 Å². The minimum atomic E-state index is -0.221. The van der Waals surface area contributed by atoms with Gasteiger partial charge in [0.15, 0.2) is 0 Å². The fraction of sp³-hybridized carbons (Fsp3) is 0.455. The molecule has 0 aliphatic heterocycles. The maximum absolute atomic E-state index is 13.4. The lowest BCUT2D eigenvalue weighted by Crippen LogP contribution is -1.97. The molecule has 0 saturated carbocycles. The van der Waals surface area contributed by atoms with Gasteiger partial charge in [-0.25, -0.2) is 4.39 Å². The van der Waals surface area contributed by atoms with Gasteiger partial charge in [0.1, 0.15) is 11.6 Å². The topological polar surface area (TPSA) is 9.23 Å². The van der Waals surface area contributed by atoms with Crippen molar-refractivity contribution in [1.29, 1.82) is 0 Å². The van der Waals surface area contributed by atoms with E-state index in [9.17, 15) is 4.39 Å². The number of ether oxygens (including phenoxy) is 1. The molecule has 0 fully saturated rings. The predicted molar refractivity (Wildman–Crippen MR) is 56.6 cm³/mol. The zero-order valence-corrected chi connectivity index (χ0v) is 9.14. The Morgan fingerprint density at radius 2 is 2.21 bits per heavy atom. The van der Waals surface area contributed by atoms with Crippen LogP contribution in [0, 0.1) is 5.82 Å². The third-order valence-corrected chi connectivity index (χ3v) is 2.29. The van der Waals surface area contributed by atoms with E-state index in [0.717, 1.165) is 6.42 Å². The van der Waals surface area contributed by atoms with E-state index in [1.165, 1.54) is 13.2 Å². The first kappa shape index (κ1) is 11.3. The molecule has 0 heterocycles. The van der Waals surface area contributed by atoms with Gasteiger partial charge < -0.3 is 4.74 Å². The van der Waals surface area contributed by atoms with Crippen molar-refractivity contribution in [3.63, 3.8) is 0 Å². The summed E-state index contributed by atoms with van der Waals surface area (Å²) in [7, 11) is 1.52. The smallest absolute Gasteiger partial charge is 0.130 e. The van der Waals surface area contributed by atoms with Crippen LogP contribution in [-0.4, -0.2) is 12.5 Å². The van der Waals surface area contributed by atoms with Crippen LogP contribution in [0.25, 0.3) is 0 Å². The fourth-order valence-corrected chi connectivity index (χ4v) is 1.32. The SMILES string of the molecule is COc1ccc(CCC(C)Cl)c(F)c1. The van der Waals surface area contributed by atoms with Gasteiger partial charge in [-0.1, -0.05) is 6.07 Å². The Morgan fingerprint density at radius 3 is 2.71 bits per heavy atom. The number of halogens is 2. The van der Waals surface area contributed by atoms with Crippen molar-refractivity contribution in [3.05, 3.63) is 29.6 Å². The Balaban J connectivity index is 2.69. The summed E-state index contributed by atoms with van der Waals surface area (Å²) < 4.78 is 18.3. The highest BCUT2D eigenvalue weighted by molar-refractivity contribution is 6.20. The van der Waals surface area contributed by atoms with Gasteiger partial charge in [0.25, 0.3) is 0 Å². The summed E-state index contributed by atoms with van der Waals surface area (Å²) in [5.41, 5.74) is 0.693. The molecule has 1 aromatic rings. The number of benzene rings is 1. The van der Waals surface area contributed by atoms with Gasteiger partial charge in [-0.3, -0.25) is 0 Å². The molecule has 78 valence electrons. The molecule has 0 aliphatic rings. The summed E-state index contributed by atoms with van der Waals surface area (Å²) in [4.78, 5) is 0. The van der Waals surface area contributed by atoms with E-state index < -0.39 is 0 Å². The van der Waals surface area contributed by atoms with Crippen molar-refractivity contribution < 1.29 is 9.13 Å². The molecule has 1 unspecified atom stereocenters.